The van der Waals surface area contributed by atoms with Crippen LogP contribution in [0.3, 0.4) is 0 Å². The van der Waals surface area contributed by atoms with Gasteiger partial charge >= 0.3 is 0 Å². The van der Waals surface area contributed by atoms with Crippen LogP contribution in [0.2, 0.25) is 0 Å². The maximum Gasteiger partial charge on any atom is 0.193 e. The normalized spacial score (nSPS) is 20.2. The minimum absolute atomic E-state index is 0. The van der Waals surface area contributed by atoms with E-state index in [4.69, 9.17) is 4.74 Å². The molecular formula is C25H36Cl2N2O3. The molecule has 32 heavy (non-hydrogen) atoms. The highest BCUT2D eigenvalue weighted by Crippen LogP contribution is 2.28. The third-order valence-electron chi connectivity index (χ3n) is 6.39. The van der Waals surface area contributed by atoms with Crippen molar-refractivity contribution in [2.75, 3.05) is 45.9 Å². The van der Waals surface area contributed by atoms with Crippen LogP contribution in [0.5, 0.6) is 0 Å². The summed E-state index contributed by atoms with van der Waals surface area (Å²) >= 11 is 0. The Kier molecular flexibility index (Phi) is 12.4. The second kappa shape index (κ2) is 13.9. The fourth-order valence-corrected chi connectivity index (χ4v) is 4.65. The fourth-order valence-electron chi connectivity index (χ4n) is 4.65. The maximum absolute atomic E-state index is 12.8. The minimum atomic E-state index is 0. The molecule has 2 atom stereocenters. The summed E-state index contributed by atoms with van der Waals surface area (Å²) in [6.07, 6.45) is 2.56. The highest BCUT2D eigenvalue weighted by Gasteiger charge is 2.26. The zero-order valence-corrected chi connectivity index (χ0v) is 20.4. The molecule has 2 aromatic rings. The maximum atomic E-state index is 12.8. The number of likely N-dealkylation sites (tertiary alicyclic amines) is 1. The topological polar surface area (TPSA) is 64.3 Å². The highest BCUT2D eigenvalue weighted by molar-refractivity contribution is 6.09. The van der Waals surface area contributed by atoms with Crippen molar-refractivity contribution in [1.82, 2.24) is 9.80 Å². The molecule has 5 nitrogen and oxygen atoms in total. The van der Waals surface area contributed by atoms with Crippen molar-refractivity contribution in [2.24, 2.45) is 5.92 Å². The van der Waals surface area contributed by atoms with Gasteiger partial charge in [-0.05, 0) is 43.9 Å². The summed E-state index contributed by atoms with van der Waals surface area (Å²) in [5.41, 5.74) is 2.77. The van der Waals surface area contributed by atoms with Crippen molar-refractivity contribution in [3.05, 3.63) is 71.3 Å². The lowest BCUT2D eigenvalue weighted by Gasteiger charge is -2.39. The van der Waals surface area contributed by atoms with E-state index in [1.54, 1.807) is 0 Å². The number of carbonyl (C=O) groups is 1. The molecule has 0 radical (unpaired) electrons. The molecule has 2 aliphatic rings. The quantitative estimate of drug-likeness (QED) is 0.582. The van der Waals surface area contributed by atoms with Gasteiger partial charge in [0.15, 0.2) is 5.78 Å². The third kappa shape index (κ3) is 7.27. The molecular weight excluding hydrogens is 447 g/mol. The number of morpholine rings is 1. The van der Waals surface area contributed by atoms with Crippen LogP contribution >= 0.6 is 24.8 Å². The van der Waals surface area contributed by atoms with E-state index in [0.29, 0.717) is 6.04 Å². The molecule has 0 saturated carbocycles. The number of hydrogen-bond acceptors (Lipinski definition) is 4. The third-order valence-corrected chi connectivity index (χ3v) is 6.39. The minimum Gasteiger partial charge on any atom is -0.412 e. The Bertz CT molecular complexity index is 816. The Morgan fingerprint density at radius 1 is 1.00 bits per heavy atom. The van der Waals surface area contributed by atoms with Gasteiger partial charge in [0, 0.05) is 43.3 Å². The van der Waals surface area contributed by atoms with Gasteiger partial charge in [-0.2, -0.15) is 0 Å². The zero-order chi connectivity index (χ0) is 20.1. The summed E-state index contributed by atoms with van der Waals surface area (Å²) in [4.78, 5) is 18.0. The van der Waals surface area contributed by atoms with Gasteiger partial charge in [0.2, 0.25) is 0 Å². The standard InChI is InChI=1S/C25H32N2O2.2ClH.H2O/c1-20(27-12-6-7-21(19-27)18-26-13-15-29-16-14-26)23-10-5-11-24(17-23)25(28)22-8-3-2-4-9-22;;;/h2-5,8-11,17,20-21H,6-7,12-16,18-19H2,1H3;2*1H;1H2. The Labute approximate surface area is 204 Å². The van der Waals surface area contributed by atoms with Crippen LogP contribution in [0.25, 0.3) is 0 Å². The summed E-state index contributed by atoms with van der Waals surface area (Å²) in [7, 11) is 0. The second-order valence-electron chi connectivity index (χ2n) is 8.41. The van der Waals surface area contributed by atoms with Crippen LogP contribution < -0.4 is 0 Å². The number of carbonyl (C=O) groups excluding carboxylic acids is 1. The van der Waals surface area contributed by atoms with Crippen molar-refractivity contribution >= 4 is 30.6 Å². The van der Waals surface area contributed by atoms with E-state index in [9.17, 15) is 4.79 Å². The molecule has 0 bridgehead atoms. The largest absolute Gasteiger partial charge is 0.412 e. The van der Waals surface area contributed by atoms with Gasteiger partial charge in [0.05, 0.1) is 13.2 Å². The summed E-state index contributed by atoms with van der Waals surface area (Å²) in [5.74, 6) is 0.821. The number of rotatable bonds is 6. The van der Waals surface area contributed by atoms with E-state index in [2.05, 4.69) is 28.9 Å². The number of hydrogen-bond donors (Lipinski definition) is 0. The van der Waals surface area contributed by atoms with Gasteiger partial charge in [-0.15, -0.1) is 24.8 Å². The van der Waals surface area contributed by atoms with E-state index in [0.717, 1.165) is 56.4 Å². The Balaban J connectivity index is 0.00000171. The molecule has 2 saturated heterocycles. The Morgan fingerprint density at radius 2 is 1.69 bits per heavy atom. The molecule has 4 rings (SSSR count). The van der Waals surface area contributed by atoms with E-state index in [-0.39, 0.29) is 36.1 Å². The van der Waals surface area contributed by atoms with Gasteiger partial charge in [-0.25, -0.2) is 0 Å². The lowest BCUT2D eigenvalue weighted by atomic mass is 9.93. The zero-order valence-electron chi connectivity index (χ0n) is 18.7. The lowest BCUT2D eigenvalue weighted by Crippen LogP contribution is -2.45. The van der Waals surface area contributed by atoms with Gasteiger partial charge in [-0.3, -0.25) is 14.6 Å². The molecule has 0 aromatic heterocycles. The summed E-state index contributed by atoms with van der Waals surface area (Å²) in [6, 6.07) is 18.1. The predicted molar refractivity (Wildman–Crippen MR) is 134 cm³/mol. The van der Waals surface area contributed by atoms with Gasteiger partial charge in [-0.1, -0.05) is 48.5 Å². The highest BCUT2D eigenvalue weighted by atomic mass is 35.5. The molecule has 2 fully saturated rings. The van der Waals surface area contributed by atoms with E-state index >= 15 is 0 Å². The van der Waals surface area contributed by atoms with E-state index < -0.39 is 0 Å². The lowest BCUT2D eigenvalue weighted by molar-refractivity contribution is 0.0200. The Hall–Kier alpha value is -1.47. The molecule has 7 heteroatoms. The first-order valence-electron chi connectivity index (χ1n) is 10.9. The van der Waals surface area contributed by atoms with Crippen molar-refractivity contribution in [1.29, 1.82) is 0 Å². The first kappa shape index (κ1) is 28.6. The van der Waals surface area contributed by atoms with Gasteiger partial charge in [0.1, 0.15) is 0 Å². The van der Waals surface area contributed by atoms with Crippen molar-refractivity contribution in [3.8, 4) is 0 Å². The van der Waals surface area contributed by atoms with E-state index in [1.807, 2.05) is 42.5 Å². The van der Waals surface area contributed by atoms with Gasteiger partial charge in [0.25, 0.3) is 0 Å². The first-order valence-corrected chi connectivity index (χ1v) is 10.9. The monoisotopic (exact) mass is 482 g/mol. The SMILES string of the molecule is CC(c1cccc(C(=O)c2ccccc2)c1)N1CCCC(CN2CCOCC2)C1.Cl.Cl.O. The predicted octanol–water partition coefficient (Wildman–Crippen LogP) is 4.04. The van der Waals surface area contributed by atoms with Crippen LogP contribution in [-0.2, 0) is 4.74 Å². The number of piperidine rings is 1. The number of nitrogens with zero attached hydrogens (tertiary/aromatic N) is 2. The number of benzene rings is 2. The average molecular weight is 483 g/mol. The van der Waals surface area contributed by atoms with Crippen LogP contribution in [0.4, 0.5) is 0 Å². The van der Waals surface area contributed by atoms with Crippen LogP contribution in [-0.4, -0.2) is 67.0 Å². The number of halogens is 2. The molecule has 178 valence electrons. The smallest absolute Gasteiger partial charge is 0.193 e. The first-order chi connectivity index (χ1) is 14.2. The molecule has 2 aromatic carbocycles. The van der Waals surface area contributed by atoms with E-state index in [1.165, 1.54) is 24.9 Å². The molecule has 2 N–H and O–H groups in total. The van der Waals surface area contributed by atoms with Crippen molar-refractivity contribution in [3.63, 3.8) is 0 Å². The van der Waals surface area contributed by atoms with Crippen LogP contribution in [0.1, 0.15) is 47.3 Å². The number of ether oxygens (including phenoxy) is 1. The molecule has 2 aliphatic heterocycles. The van der Waals surface area contributed by atoms with Gasteiger partial charge < -0.3 is 10.2 Å². The van der Waals surface area contributed by atoms with Crippen LogP contribution in [0.15, 0.2) is 54.6 Å². The average Bonchev–Trinajstić information content (AvgIpc) is 2.79. The van der Waals surface area contributed by atoms with Crippen molar-refractivity contribution < 1.29 is 15.0 Å². The molecule has 0 spiro atoms. The Morgan fingerprint density at radius 3 is 2.41 bits per heavy atom. The second-order valence-corrected chi connectivity index (χ2v) is 8.41. The molecule has 2 unspecified atom stereocenters. The molecule has 2 heterocycles. The number of ketones is 1. The fraction of sp³-hybridized carbons (Fsp3) is 0.480. The summed E-state index contributed by atoms with van der Waals surface area (Å²) < 4.78 is 5.49. The molecule has 0 aliphatic carbocycles. The van der Waals surface area contributed by atoms with Crippen LogP contribution in [0, 0.1) is 5.92 Å². The van der Waals surface area contributed by atoms with Crippen molar-refractivity contribution in [2.45, 2.75) is 25.8 Å². The summed E-state index contributed by atoms with van der Waals surface area (Å²) in [5, 5.41) is 0. The summed E-state index contributed by atoms with van der Waals surface area (Å²) in [6.45, 7) is 9.60. The molecule has 0 amide bonds.